The zero-order chi connectivity index (χ0) is 24.5. The average Bonchev–Trinajstić information content (AvgIpc) is 3.34. The number of amides is 2. The molecule has 182 valence electrons. The topological polar surface area (TPSA) is 74.3 Å². The molecule has 0 bridgehead atoms. The maximum atomic E-state index is 13.5. The SMILES string of the molecule is COc1cccc(NC(=O)N2CC[C@H]3[C@@H]2c2cc(-c4cccc(OC)c4)ccc2N(C)[C@H]3CO)c1. The number of nitrogens with zero attached hydrogens (tertiary/aromatic N) is 2. The minimum absolute atomic E-state index is 0.0418. The molecule has 35 heavy (non-hydrogen) atoms. The van der Waals surface area contributed by atoms with Crippen LogP contribution in [0.5, 0.6) is 11.5 Å². The summed E-state index contributed by atoms with van der Waals surface area (Å²) in [6, 6.07) is 21.4. The Balaban J connectivity index is 1.52. The number of benzene rings is 3. The fourth-order valence-electron chi connectivity index (χ4n) is 5.56. The summed E-state index contributed by atoms with van der Waals surface area (Å²) < 4.78 is 10.7. The van der Waals surface area contributed by atoms with Gasteiger partial charge in [-0.15, -0.1) is 0 Å². The molecule has 3 atom stereocenters. The molecular weight excluding hydrogens is 442 g/mol. The third kappa shape index (κ3) is 4.17. The molecule has 1 saturated heterocycles. The van der Waals surface area contributed by atoms with E-state index in [-0.39, 0.29) is 30.6 Å². The zero-order valence-corrected chi connectivity index (χ0v) is 20.3. The van der Waals surface area contributed by atoms with Gasteiger partial charge in [-0.25, -0.2) is 4.79 Å². The highest BCUT2D eigenvalue weighted by molar-refractivity contribution is 5.90. The maximum absolute atomic E-state index is 13.5. The van der Waals surface area contributed by atoms with Crippen LogP contribution in [0.1, 0.15) is 18.0 Å². The summed E-state index contributed by atoms with van der Waals surface area (Å²) >= 11 is 0. The second kappa shape index (κ2) is 9.50. The first-order chi connectivity index (χ1) is 17.0. The number of carbonyl (C=O) groups excluding carboxylic acids is 1. The summed E-state index contributed by atoms with van der Waals surface area (Å²) in [5.74, 6) is 1.62. The van der Waals surface area contributed by atoms with Crippen LogP contribution in [-0.2, 0) is 0 Å². The van der Waals surface area contributed by atoms with Crippen LogP contribution in [-0.4, -0.2) is 56.5 Å². The van der Waals surface area contributed by atoms with Crippen molar-refractivity contribution >= 4 is 17.4 Å². The predicted molar refractivity (Wildman–Crippen MR) is 137 cm³/mol. The molecule has 0 aliphatic carbocycles. The fraction of sp³-hybridized carbons (Fsp3) is 0.321. The molecule has 7 nitrogen and oxygen atoms in total. The maximum Gasteiger partial charge on any atom is 0.322 e. The Morgan fingerprint density at radius 3 is 2.46 bits per heavy atom. The van der Waals surface area contributed by atoms with Crippen molar-refractivity contribution in [1.82, 2.24) is 4.90 Å². The molecule has 2 heterocycles. The van der Waals surface area contributed by atoms with E-state index >= 15 is 0 Å². The van der Waals surface area contributed by atoms with Crippen molar-refractivity contribution in [3.05, 3.63) is 72.3 Å². The van der Waals surface area contributed by atoms with Gasteiger partial charge in [0, 0.05) is 37.0 Å². The fourth-order valence-corrected chi connectivity index (χ4v) is 5.56. The third-order valence-electron chi connectivity index (χ3n) is 7.33. The Morgan fingerprint density at radius 2 is 1.71 bits per heavy atom. The monoisotopic (exact) mass is 473 g/mol. The summed E-state index contributed by atoms with van der Waals surface area (Å²) in [5.41, 5.74) is 4.95. The third-order valence-corrected chi connectivity index (χ3v) is 7.33. The Labute approximate surface area is 205 Å². The Bertz CT molecular complexity index is 1230. The molecule has 0 unspecified atom stereocenters. The summed E-state index contributed by atoms with van der Waals surface area (Å²) in [6.07, 6.45) is 0.828. The molecule has 2 aliphatic rings. The lowest BCUT2D eigenvalue weighted by Crippen LogP contribution is -2.48. The molecule has 0 spiro atoms. The highest BCUT2D eigenvalue weighted by Crippen LogP contribution is 2.49. The van der Waals surface area contributed by atoms with Crippen LogP contribution in [0.15, 0.2) is 66.7 Å². The van der Waals surface area contributed by atoms with Crippen LogP contribution < -0.4 is 19.7 Å². The van der Waals surface area contributed by atoms with Gasteiger partial charge in [0.2, 0.25) is 0 Å². The number of anilines is 2. The van der Waals surface area contributed by atoms with Crippen molar-refractivity contribution in [1.29, 1.82) is 0 Å². The number of rotatable bonds is 5. The number of likely N-dealkylation sites (tertiary alicyclic amines) is 1. The highest BCUT2D eigenvalue weighted by atomic mass is 16.5. The van der Waals surface area contributed by atoms with E-state index in [0.717, 1.165) is 34.5 Å². The van der Waals surface area contributed by atoms with Gasteiger partial charge in [0.05, 0.1) is 32.9 Å². The van der Waals surface area contributed by atoms with Gasteiger partial charge in [0.1, 0.15) is 11.5 Å². The number of fused-ring (bicyclic) bond motifs is 3. The van der Waals surface area contributed by atoms with Crippen LogP contribution in [0.2, 0.25) is 0 Å². The van der Waals surface area contributed by atoms with Crippen LogP contribution >= 0.6 is 0 Å². The number of aliphatic hydroxyl groups excluding tert-OH is 1. The van der Waals surface area contributed by atoms with Crippen molar-refractivity contribution in [2.75, 3.05) is 44.6 Å². The van der Waals surface area contributed by atoms with E-state index in [4.69, 9.17) is 9.47 Å². The molecule has 2 aliphatic heterocycles. The lowest BCUT2D eigenvalue weighted by atomic mass is 9.81. The first-order valence-corrected chi connectivity index (χ1v) is 11.9. The van der Waals surface area contributed by atoms with E-state index in [1.165, 1.54) is 0 Å². The number of hydrogen-bond acceptors (Lipinski definition) is 5. The quantitative estimate of drug-likeness (QED) is 0.558. The van der Waals surface area contributed by atoms with Gasteiger partial charge in [-0.3, -0.25) is 0 Å². The van der Waals surface area contributed by atoms with Crippen LogP contribution in [0.25, 0.3) is 11.1 Å². The summed E-state index contributed by atoms with van der Waals surface area (Å²) in [7, 11) is 5.30. The molecule has 7 heteroatoms. The number of nitrogens with one attached hydrogen (secondary N) is 1. The largest absolute Gasteiger partial charge is 0.497 e. The number of hydrogen-bond donors (Lipinski definition) is 2. The van der Waals surface area contributed by atoms with E-state index in [0.29, 0.717) is 18.0 Å². The molecule has 0 radical (unpaired) electrons. The standard InChI is InChI=1S/C28H31N3O4/c1-30-25-11-10-19(18-6-4-8-21(14-18)34-2)15-24(25)27-23(26(30)17-32)12-13-31(27)28(33)29-20-7-5-9-22(16-20)35-3/h4-11,14-16,23,26-27,32H,12-13,17H2,1-3H3,(H,29,33)/t23-,26+,27-/m1/s1. The Hall–Kier alpha value is -3.71. The van der Waals surface area contributed by atoms with Gasteiger partial charge >= 0.3 is 6.03 Å². The van der Waals surface area contributed by atoms with E-state index < -0.39 is 0 Å². The highest BCUT2D eigenvalue weighted by Gasteiger charge is 2.47. The molecule has 0 saturated carbocycles. The van der Waals surface area contributed by atoms with Crippen molar-refractivity contribution < 1.29 is 19.4 Å². The van der Waals surface area contributed by atoms with Crippen molar-refractivity contribution in [2.24, 2.45) is 5.92 Å². The Morgan fingerprint density at radius 1 is 1.00 bits per heavy atom. The van der Waals surface area contributed by atoms with Gasteiger partial charge < -0.3 is 29.7 Å². The second-order valence-electron chi connectivity index (χ2n) is 9.12. The summed E-state index contributed by atoms with van der Waals surface area (Å²) in [5, 5.41) is 13.3. The lowest BCUT2D eigenvalue weighted by molar-refractivity contribution is 0.168. The minimum Gasteiger partial charge on any atom is -0.497 e. The molecule has 0 aromatic heterocycles. The zero-order valence-electron chi connectivity index (χ0n) is 20.3. The lowest BCUT2D eigenvalue weighted by Gasteiger charge is -2.44. The number of carbonyl (C=O) groups is 1. The average molecular weight is 474 g/mol. The number of likely N-dealkylation sites (N-methyl/N-ethyl adjacent to an activating group) is 1. The van der Waals surface area contributed by atoms with Gasteiger partial charge in [0.25, 0.3) is 0 Å². The normalized spacial score (nSPS) is 20.7. The van der Waals surface area contributed by atoms with Crippen LogP contribution in [0, 0.1) is 5.92 Å². The van der Waals surface area contributed by atoms with Gasteiger partial charge in [-0.05, 0) is 59.5 Å². The minimum atomic E-state index is -0.148. The smallest absolute Gasteiger partial charge is 0.322 e. The number of methoxy groups -OCH3 is 2. The molecule has 3 aromatic rings. The molecule has 5 rings (SSSR count). The first kappa shape index (κ1) is 23.1. The van der Waals surface area contributed by atoms with Crippen molar-refractivity contribution in [3.8, 4) is 22.6 Å². The number of aliphatic hydroxyl groups is 1. The van der Waals surface area contributed by atoms with E-state index in [1.54, 1.807) is 14.2 Å². The molecule has 2 amide bonds. The van der Waals surface area contributed by atoms with Crippen LogP contribution in [0.3, 0.4) is 0 Å². The van der Waals surface area contributed by atoms with Crippen molar-refractivity contribution in [3.63, 3.8) is 0 Å². The molecular formula is C28H31N3O4. The Kier molecular flexibility index (Phi) is 6.26. The molecule has 3 aromatic carbocycles. The number of urea groups is 1. The van der Waals surface area contributed by atoms with Gasteiger partial charge in [-0.2, -0.15) is 0 Å². The summed E-state index contributed by atoms with van der Waals surface area (Å²) in [6.45, 7) is 0.665. The molecule has 1 fully saturated rings. The van der Waals surface area contributed by atoms with E-state index in [2.05, 4.69) is 34.5 Å². The van der Waals surface area contributed by atoms with E-state index in [9.17, 15) is 9.90 Å². The van der Waals surface area contributed by atoms with Crippen molar-refractivity contribution in [2.45, 2.75) is 18.5 Å². The van der Waals surface area contributed by atoms with Crippen LogP contribution in [0.4, 0.5) is 16.2 Å². The summed E-state index contributed by atoms with van der Waals surface area (Å²) in [4.78, 5) is 17.5. The van der Waals surface area contributed by atoms with Gasteiger partial charge in [-0.1, -0.05) is 24.3 Å². The predicted octanol–water partition coefficient (Wildman–Crippen LogP) is 4.78. The second-order valence-corrected chi connectivity index (χ2v) is 9.12. The number of ether oxygens (including phenoxy) is 2. The first-order valence-electron chi connectivity index (χ1n) is 11.9. The van der Waals surface area contributed by atoms with E-state index in [1.807, 2.05) is 54.4 Å². The van der Waals surface area contributed by atoms with Gasteiger partial charge in [0.15, 0.2) is 0 Å². The molecule has 2 N–H and O–H groups in total.